The van der Waals surface area contributed by atoms with Crippen LogP contribution in [0.5, 0.6) is 0 Å². The van der Waals surface area contributed by atoms with Crippen molar-refractivity contribution in [1.82, 2.24) is 9.13 Å². The van der Waals surface area contributed by atoms with E-state index in [9.17, 15) is 0 Å². The van der Waals surface area contributed by atoms with E-state index >= 15 is 0 Å². The van der Waals surface area contributed by atoms with Gasteiger partial charge >= 0.3 is 0 Å². The van der Waals surface area contributed by atoms with Gasteiger partial charge in [0.1, 0.15) is 0 Å². The number of benzene rings is 9. The number of aromatic nitrogens is 2. The van der Waals surface area contributed by atoms with E-state index in [0.717, 1.165) is 5.69 Å². The molecule has 0 amide bonds. The highest BCUT2D eigenvalue weighted by molar-refractivity contribution is 6.13. The highest BCUT2D eigenvalue weighted by Crippen LogP contribution is 2.57. The molecule has 0 aliphatic heterocycles. The van der Waals surface area contributed by atoms with Crippen LogP contribution in [0.3, 0.4) is 0 Å². The van der Waals surface area contributed by atoms with Gasteiger partial charge in [0.05, 0.1) is 27.5 Å². The van der Waals surface area contributed by atoms with Crippen molar-refractivity contribution in [2.24, 2.45) is 0 Å². The van der Waals surface area contributed by atoms with Crippen molar-refractivity contribution in [2.75, 3.05) is 0 Å². The van der Waals surface area contributed by atoms with Crippen LogP contribution in [0.2, 0.25) is 0 Å². The van der Waals surface area contributed by atoms with Gasteiger partial charge in [-0.25, -0.2) is 0 Å². The normalized spacial score (nSPS) is 13.1. The molecule has 0 saturated carbocycles. The average Bonchev–Trinajstić information content (AvgIpc) is 3.90. The predicted molar refractivity (Wildman–Crippen MR) is 238 cm³/mol. The second-order valence-corrected chi connectivity index (χ2v) is 15.3. The summed E-state index contributed by atoms with van der Waals surface area (Å²) in [4.78, 5) is 0. The first-order chi connectivity index (χ1) is 28.3. The maximum Gasteiger partial charge on any atom is 0.0714 e. The molecule has 1 aliphatic carbocycles. The molecule has 0 atom stereocenters. The van der Waals surface area contributed by atoms with Gasteiger partial charge in [-0.1, -0.05) is 158 Å². The summed E-state index contributed by atoms with van der Waals surface area (Å²) in [6.45, 7) is 0. The predicted octanol–water partition coefficient (Wildman–Crippen LogP) is 13.9. The van der Waals surface area contributed by atoms with E-state index in [0.29, 0.717) is 0 Å². The van der Waals surface area contributed by atoms with E-state index in [1.807, 2.05) is 0 Å². The molecule has 2 heterocycles. The van der Waals surface area contributed by atoms with Crippen molar-refractivity contribution in [3.63, 3.8) is 0 Å². The molecule has 0 fully saturated rings. The Hall–Kier alpha value is -7.42. The Morgan fingerprint density at radius 1 is 0.281 bits per heavy atom. The lowest BCUT2D eigenvalue weighted by Gasteiger charge is -2.34. The Morgan fingerprint density at radius 3 is 1.44 bits per heavy atom. The summed E-state index contributed by atoms with van der Waals surface area (Å²) in [6, 6.07) is 80.5. The number of para-hydroxylation sites is 3. The van der Waals surface area contributed by atoms with Crippen LogP contribution in [0.4, 0.5) is 0 Å². The van der Waals surface area contributed by atoms with Crippen molar-refractivity contribution >= 4 is 43.6 Å². The van der Waals surface area contributed by atoms with Crippen LogP contribution in [-0.2, 0) is 5.41 Å². The van der Waals surface area contributed by atoms with Crippen LogP contribution in [0.15, 0.2) is 218 Å². The Labute approximate surface area is 331 Å². The van der Waals surface area contributed by atoms with Gasteiger partial charge in [-0.2, -0.15) is 0 Å². The van der Waals surface area contributed by atoms with Crippen LogP contribution >= 0.6 is 0 Å². The molecule has 2 aromatic heterocycles. The molecule has 1 aliphatic rings. The largest absolute Gasteiger partial charge is 0.309 e. The summed E-state index contributed by atoms with van der Waals surface area (Å²) >= 11 is 0. The molecule has 2 nitrogen and oxygen atoms in total. The summed E-state index contributed by atoms with van der Waals surface area (Å²) in [7, 11) is 0. The first-order valence-corrected chi connectivity index (χ1v) is 19.8. The van der Waals surface area contributed by atoms with Gasteiger partial charge in [0, 0.05) is 32.9 Å². The van der Waals surface area contributed by atoms with Gasteiger partial charge in [0.25, 0.3) is 0 Å². The minimum atomic E-state index is -0.462. The SMILES string of the molecule is c1ccc(-n2c3ccccc3c3cc(-c4ccc(-n5c6ccccc6c6cc7c(cc65)C(c5ccccc5)(c5ccccc5)c5ccccc5-7)cc4)ccc32)cc1. The fraction of sp³-hybridized carbons (Fsp3) is 0.0182. The van der Waals surface area contributed by atoms with Crippen molar-refractivity contribution < 1.29 is 0 Å². The molecule has 0 N–H and O–H groups in total. The lowest BCUT2D eigenvalue weighted by molar-refractivity contribution is 0.769. The Balaban J connectivity index is 1.05. The first kappa shape index (κ1) is 31.9. The Kier molecular flexibility index (Phi) is 6.88. The van der Waals surface area contributed by atoms with Crippen molar-refractivity contribution in [1.29, 1.82) is 0 Å². The molecule has 0 unspecified atom stereocenters. The molecule has 57 heavy (non-hydrogen) atoms. The van der Waals surface area contributed by atoms with Crippen LogP contribution in [0.1, 0.15) is 22.3 Å². The fourth-order valence-electron chi connectivity index (χ4n) is 9.99. The topological polar surface area (TPSA) is 9.86 Å². The molecule has 0 spiro atoms. The standard InChI is InChI=1S/C55H36N2/c1-4-16-39(17-5-1)55(40-18-6-2-7-19-40)49-25-13-10-22-43(49)46-35-48-45-24-12-15-27-52(45)57(54(48)36-50(46)55)42-31-28-37(29-32-42)38-30-33-53-47(34-38)44-23-11-14-26-51(44)56(53)41-20-8-3-9-21-41/h1-36H. The van der Waals surface area contributed by atoms with Gasteiger partial charge in [-0.3, -0.25) is 0 Å². The number of hydrogen-bond donors (Lipinski definition) is 0. The number of fused-ring (bicyclic) bond motifs is 9. The third-order valence-corrected chi connectivity index (χ3v) is 12.4. The van der Waals surface area contributed by atoms with E-state index in [2.05, 4.69) is 228 Å². The second-order valence-electron chi connectivity index (χ2n) is 15.3. The van der Waals surface area contributed by atoms with E-state index in [1.54, 1.807) is 0 Å². The van der Waals surface area contributed by atoms with Crippen molar-refractivity contribution in [3.05, 3.63) is 241 Å². The highest BCUT2D eigenvalue weighted by atomic mass is 15.0. The maximum absolute atomic E-state index is 2.50. The molecule has 12 rings (SSSR count). The van der Waals surface area contributed by atoms with Gasteiger partial charge < -0.3 is 9.13 Å². The molecule has 0 bridgehead atoms. The average molecular weight is 725 g/mol. The fourth-order valence-corrected chi connectivity index (χ4v) is 9.99. The Bertz CT molecular complexity index is 3280. The molecule has 11 aromatic rings. The summed E-state index contributed by atoms with van der Waals surface area (Å²) < 4.78 is 4.84. The lowest BCUT2D eigenvalue weighted by Crippen LogP contribution is -2.28. The molecular formula is C55H36N2. The summed E-state index contributed by atoms with van der Waals surface area (Å²) in [5, 5.41) is 5.04. The quantitative estimate of drug-likeness (QED) is 0.167. The van der Waals surface area contributed by atoms with Gasteiger partial charge in [0.2, 0.25) is 0 Å². The van der Waals surface area contributed by atoms with Crippen molar-refractivity contribution in [3.8, 4) is 33.6 Å². The zero-order valence-electron chi connectivity index (χ0n) is 31.2. The van der Waals surface area contributed by atoms with Gasteiger partial charge in [-0.15, -0.1) is 0 Å². The molecular weight excluding hydrogens is 689 g/mol. The summed E-state index contributed by atoms with van der Waals surface area (Å²) in [5.74, 6) is 0. The number of hydrogen-bond acceptors (Lipinski definition) is 0. The van der Waals surface area contributed by atoms with E-state index in [-0.39, 0.29) is 0 Å². The van der Waals surface area contributed by atoms with E-state index in [4.69, 9.17) is 0 Å². The highest BCUT2D eigenvalue weighted by Gasteiger charge is 2.46. The lowest BCUT2D eigenvalue weighted by atomic mass is 9.67. The van der Waals surface area contributed by atoms with E-state index in [1.165, 1.54) is 93.8 Å². The van der Waals surface area contributed by atoms with Crippen LogP contribution < -0.4 is 0 Å². The second kappa shape index (κ2) is 12.3. The maximum atomic E-state index is 2.50. The zero-order chi connectivity index (χ0) is 37.5. The van der Waals surface area contributed by atoms with Crippen LogP contribution in [0, 0.1) is 0 Å². The molecule has 2 heteroatoms. The number of nitrogens with zero attached hydrogens (tertiary/aromatic N) is 2. The van der Waals surface area contributed by atoms with Crippen LogP contribution in [0.25, 0.3) is 77.2 Å². The minimum Gasteiger partial charge on any atom is -0.309 e. The smallest absolute Gasteiger partial charge is 0.0714 e. The van der Waals surface area contributed by atoms with Crippen molar-refractivity contribution in [2.45, 2.75) is 5.41 Å². The zero-order valence-corrected chi connectivity index (χ0v) is 31.2. The first-order valence-electron chi connectivity index (χ1n) is 19.8. The van der Waals surface area contributed by atoms with Gasteiger partial charge in [0.15, 0.2) is 0 Å². The monoisotopic (exact) mass is 724 g/mol. The summed E-state index contributed by atoms with van der Waals surface area (Å²) in [6.07, 6.45) is 0. The molecule has 0 saturated heterocycles. The number of rotatable bonds is 5. The third-order valence-electron chi connectivity index (χ3n) is 12.4. The van der Waals surface area contributed by atoms with Crippen LogP contribution in [-0.4, -0.2) is 9.13 Å². The molecule has 266 valence electrons. The Morgan fingerprint density at radius 2 is 0.772 bits per heavy atom. The van der Waals surface area contributed by atoms with E-state index < -0.39 is 5.41 Å². The summed E-state index contributed by atoms with van der Waals surface area (Å²) in [5.41, 5.74) is 16.9. The van der Waals surface area contributed by atoms with Gasteiger partial charge in [-0.05, 0) is 105 Å². The third kappa shape index (κ3) is 4.53. The molecule has 0 radical (unpaired) electrons. The molecule has 9 aromatic carbocycles. The minimum absolute atomic E-state index is 0.462.